The standard InChI is InChI=1S/C34H43Cl2FN4O2/c1-19(2)20-6-9-22(10-7-20)39-30(42)28-26(23-12-17-38-29(36)27(23)37)34(24-11-8-21(35)18-25(24)40-31(34)43)33(41(28)5)15-13-32(3,4)14-16-33/h8,11-12,17-20,22,26,28H,6-7,9-10,13-16H2,1-5H3,(H,39,42)(H,40,43)/t20-,22-,26-,28+,34+/m0/s1. The first-order valence-electron chi connectivity index (χ1n) is 15.8. The number of hydrogen-bond donors (Lipinski definition) is 2. The minimum atomic E-state index is -1.25. The Hall–Kier alpha value is -2.22. The van der Waals surface area contributed by atoms with E-state index in [2.05, 4.69) is 48.2 Å². The van der Waals surface area contributed by atoms with Crippen LogP contribution in [0.5, 0.6) is 0 Å². The Morgan fingerprint density at radius 2 is 1.77 bits per heavy atom. The molecule has 1 aromatic heterocycles. The minimum Gasteiger partial charge on any atom is -0.352 e. The lowest BCUT2D eigenvalue weighted by molar-refractivity contribution is -0.129. The summed E-state index contributed by atoms with van der Waals surface area (Å²) in [5.74, 6) is -0.628. The summed E-state index contributed by atoms with van der Waals surface area (Å²) in [6, 6.07) is 6.29. The zero-order valence-electron chi connectivity index (χ0n) is 25.8. The molecule has 9 heteroatoms. The van der Waals surface area contributed by atoms with E-state index in [1.54, 1.807) is 18.2 Å². The van der Waals surface area contributed by atoms with Crippen LogP contribution in [-0.2, 0) is 15.0 Å². The summed E-state index contributed by atoms with van der Waals surface area (Å²) in [6.45, 7) is 9.03. The highest BCUT2D eigenvalue weighted by Gasteiger charge is 2.75. The van der Waals surface area contributed by atoms with E-state index in [1.807, 2.05) is 13.1 Å². The number of carbonyl (C=O) groups is 2. The number of pyridine rings is 1. The van der Waals surface area contributed by atoms with Gasteiger partial charge in [-0.25, -0.2) is 9.37 Å². The van der Waals surface area contributed by atoms with Crippen molar-refractivity contribution in [3.8, 4) is 0 Å². The molecule has 2 aliphatic carbocycles. The van der Waals surface area contributed by atoms with Gasteiger partial charge in [-0.1, -0.05) is 57.0 Å². The van der Waals surface area contributed by atoms with Crippen LogP contribution in [0.25, 0.3) is 0 Å². The molecule has 2 N–H and O–H groups in total. The molecule has 1 saturated heterocycles. The van der Waals surface area contributed by atoms with Gasteiger partial charge in [0.2, 0.25) is 11.8 Å². The van der Waals surface area contributed by atoms with E-state index >= 15 is 4.39 Å². The van der Waals surface area contributed by atoms with E-state index in [1.165, 1.54) is 6.20 Å². The van der Waals surface area contributed by atoms with E-state index in [0.29, 0.717) is 35.4 Å². The van der Waals surface area contributed by atoms with Gasteiger partial charge in [0.15, 0.2) is 11.0 Å². The smallest absolute Gasteiger partial charge is 0.238 e. The van der Waals surface area contributed by atoms with Crippen molar-refractivity contribution in [1.82, 2.24) is 15.2 Å². The number of aromatic nitrogens is 1. The monoisotopic (exact) mass is 628 g/mol. The van der Waals surface area contributed by atoms with Crippen molar-refractivity contribution < 1.29 is 14.0 Å². The zero-order valence-corrected chi connectivity index (χ0v) is 27.3. The molecule has 2 spiro atoms. The van der Waals surface area contributed by atoms with Crippen LogP contribution in [0.15, 0.2) is 30.5 Å². The predicted molar refractivity (Wildman–Crippen MR) is 169 cm³/mol. The lowest BCUT2D eigenvalue weighted by atomic mass is 9.53. The largest absolute Gasteiger partial charge is 0.352 e. The van der Waals surface area contributed by atoms with Crippen LogP contribution < -0.4 is 10.6 Å². The van der Waals surface area contributed by atoms with Gasteiger partial charge < -0.3 is 10.6 Å². The van der Waals surface area contributed by atoms with Gasteiger partial charge >= 0.3 is 0 Å². The first-order valence-corrected chi connectivity index (χ1v) is 16.5. The molecule has 2 aliphatic heterocycles. The van der Waals surface area contributed by atoms with Crippen molar-refractivity contribution >= 4 is 40.7 Å². The molecule has 2 aromatic rings. The number of carbonyl (C=O) groups excluding carboxylic acids is 2. The fourth-order valence-electron chi connectivity index (χ4n) is 9.08. The zero-order chi connectivity index (χ0) is 30.9. The minimum absolute atomic E-state index is 0.0451. The maximum Gasteiger partial charge on any atom is 0.238 e. The number of rotatable bonds is 4. The van der Waals surface area contributed by atoms with Crippen LogP contribution in [0.3, 0.4) is 0 Å². The van der Waals surface area contributed by atoms with Gasteiger partial charge in [-0.2, -0.15) is 0 Å². The van der Waals surface area contributed by atoms with Gasteiger partial charge in [0, 0.05) is 34.4 Å². The first kappa shape index (κ1) is 30.8. The van der Waals surface area contributed by atoms with Gasteiger partial charge in [0.1, 0.15) is 5.41 Å². The van der Waals surface area contributed by atoms with Crippen LogP contribution in [0.4, 0.5) is 10.1 Å². The topological polar surface area (TPSA) is 74.3 Å². The SMILES string of the molecule is CC(C)[C@H]1CC[C@H](NC(=O)[C@H]2[C@H](c3ccnc(Cl)c3F)[C@]3(C(=O)Nc4cc(Cl)ccc43)C3(CCC(C)(C)CC3)N2C)CC1. The van der Waals surface area contributed by atoms with Gasteiger partial charge in [-0.3, -0.25) is 14.5 Å². The number of anilines is 1. The molecule has 0 radical (unpaired) electrons. The lowest BCUT2D eigenvalue weighted by Gasteiger charge is -2.53. The number of benzene rings is 1. The number of likely N-dealkylation sites (tertiary alicyclic amines) is 1. The van der Waals surface area contributed by atoms with Gasteiger partial charge in [0.25, 0.3) is 0 Å². The van der Waals surface area contributed by atoms with Crippen molar-refractivity contribution in [3.05, 3.63) is 57.6 Å². The first-order chi connectivity index (χ1) is 20.3. The molecule has 232 valence electrons. The Labute approximate surface area is 264 Å². The van der Waals surface area contributed by atoms with Gasteiger partial charge in [-0.05, 0) is 105 Å². The highest BCUT2D eigenvalue weighted by Crippen LogP contribution is 2.67. The third kappa shape index (κ3) is 4.71. The number of hydrogen-bond acceptors (Lipinski definition) is 4. The normalized spacial score (nSPS) is 31.4. The Morgan fingerprint density at radius 1 is 1.09 bits per heavy atom. The molecule has 2 amide bonds. The van der Waals surface area contributed by atoms with E-state index in [4.69, 9.17) is 23.2 Å². The van der Waals surface area contributed by atoms with Crippen LogP contribution in [0.2, 0.25) is 10.2 Å². The van der Waals surface area contributed by atoms with E-state index in [-0.39, 0.29) is 34.0 Å². The maximum atomic E-state index is 16.2. The quantitative estimate of drug-likeness (QED) is 0.344. The van der Waals surface area contributed by atoms with Crippen molar-refractivity contribution in [2.45, 2.75) is 108 Å². The maximum absolute atomic E-state index is 16.2. The molecule has 6 rings (SSSR count). The molecule has 2 saturated carbocycles. The molecular formula is C34H43Cl2FN4O2. The third-order valence-electron chi connectivity index (χ3n) is 11.6. The van der Waals surface area contributed by atoms with Crippen molar-refractivity contribution in [2.75, 3.05) is 12.4 Å². The van der Waals surface area contributed by atoms with E-state index in [0.717, 1.165) is 44.1 Å². The second-order valence-electron chi connectivity index (χ2n) is 14.6. The van der Waals surface area contributed by atoms with Crippen LogP contribution >= 0.6 is 23.2 Å². The summed E-state index contributed by atoms with van der Waals surface area (Å²) in [7, 11) is 1.96. The average molecular weight is 630 g/mol. The second kappa shape index (κ2) is 11.0. The fraction of sp³-hybridized carbons (Fsp3) is 0.618. The molecule has 0 unspecified atom stereocenters. The fourth-order valence-corrected chi connectivity index (χ4v) is 9.42. The van der Waals surface area contributed by atoms with Crippen LogP contribution in [-0.4, -0.2) is 46.4 Å². The number of likely N-dealkylation sites (N-methyl/N-ethyl adjacent to an activating group) is 1. The Kier molecular flexibility index (Phi) is 7.87. The van der Waals surface area contributed by atoms with Gasteiger partial charge in [-0.15, -0.1) is 0 Å². The number of fused-ring (bicyclic) bond motifs is 3. The Bertz CT molecular complexity index is 1430. The molecule has 4 aliphatic rings. The summed E-state index contributed by atoms with van der Waals surface area (Å²) in [4.78, 5) is 35.4. The molecule has 3 fully saturated rings. The molecule has 6 nitrogen and oxygen atoms in total. The highest BCUT2D eigenvalue weighted by molar-refractivity contribution is 6.31. The predicted octanol–water partition coefficient (Wildman–Crippen LogP) is 7.49. The molecule has 0 bridgehead atoms. The lowest BCUT2D eigenvalue weighted by Crippen LogP contribution is -2.62. The van der Waals surface area contributed by atoms with Crippen LogP contribution in [0.1, 0.15) is 96.1 Å². The second-order valence-corrected chi connectivity index (χ2v) is 15.3. The average Bonchev–Trinajstić information content (AvgIpc) is 3.36. The van der Waals surface area contributed by atoms with Crippen molar-refractivity contribution in [1.29, 1.82) is 0 Å². The van der Waals surface area contributed by atoms with Crippen molar-refractivity contribution in [3.63, 3.8) is 0 Å². The molecular weight excluding hydrogens is 586 g/mol. The Morgan fingerprint density at radius 3 is 2.42 bits per heavy atom. The summed E-state index contributed by atoms with van der Waals surface area (Å²) in [5, 5.41) is 6.73. The number of nitrogens with one attached hydrogen (secondary N) is 2. The summed E-state index contributed by atoms with van der Waals surface area (Å²) in [5.41, 5.74) is -0.277. The molecule has 1 aromatic carbocycles. The highest BCUT2D eigenvalue weighted by atomic mass is 35.5. The Balaban J connectivity index is 1.52. The number of amides is 2. The summed E-state index contributed by atoms with van der Waals surface area (Å²) < 4.78 is 16.2. The molecule has 3 atom stereocenters. The van der Waals surface area contributed by atoms with Gasteiger partial charge in [0.05, 0.1) is 6.04 Å². The summed E-state index contributed by atoms with van der Waals surface area (Å²) in [6.07, 6.45) is 8.56. The molecule has 3 heterocycles. The van der Waals surface area contributed by atoms with Crippen LogP contribution in [0, 0.1) is 23.1 Å². The number of nitrogens with zero attached hydrogens (tertiary/aromatic N) is 2. The van der Waals surface area contributed by atoms with E-state index in [9.17, 15) is 9.59 Å². The van der Waals surface area contributed by atoms with Crippen molar-refractivity contribution in [2.24, 2.45) is 17.3 Å². The number of halogens is 3. The summed E-state index contributed by atoms with van der Waals surface area (Å²) >= 11 is 12.7. The third-order valence-corrected chi connectivity index (χ3v) is 12.1. The van der Waals surface area contributed by atoms with E-state index < -0.39 is 28.7 Å². The molecule has 43 heavy (non-hydrogen) atoms.